The number of aromatic nitrogens is 2. The Bertz CT molecular complexity index is 1020. The Morgan fingerprint density at radius 3 is 2.61 bits per heavy atom. The van der Waals surface area contributed by atoms with Gasteiger partial charge in [-0.2, -0.15) is 5.10 Å². The van der Waals surface area contributed by atoms with Crippen LogP contribution in [0.1, 0.15) is 50.6 Å². The van der Waals surface area contributed by atoms with Crippen molar-refractivity contribution < 1.29 is 0 Å². The first-order valence-corrected chi connectivity index (χ1v) is 10.2. The Balaban J connectivity index is 1.82. The highest BCUT2D eigenvalue weighted by Crippen LogP contribution is 2.36. The number of nitrogens with two attached hydrogens (primary N) is 1. The number of rotatable bonds is 4. The van der Waals surface area contributed by atoms with Gasteiger partial charge in [0, 0.05) is 11.6 Å². The first-order chi connectivity index (χ1) is 13.6. The quantitative estimate of drug-likeness (QED) is 0.382. The van der Waals surface area contributed by atoms with E-state index < -0.39 is 0 Å². The molecule has 0 spiro atoms. The fourth-order valence-corrected chi connectivity index (χ4v) is 4.07. The van der Waals surface area contributed by atoms with Crippen molar-refractivity contribution in [2.75, 3.05) is 0 Å². The van der Waals surface area contributed by atoms with Crippen LogP contribution in [0.2, 0.25) is 0 Å². The summed E-state index contributed by atoms with van der Waals surface area (Å²) in [7, 11) is 0. The third-order valence-electron chi connectivity index (χ3n) is 5.41. The summed E-state index contributed by atoms with van der Waals surface area (Å²) < 4.78 is 2.45. The summed E-state index contributed by atoms with van der Waals surface area (Å²) in [5, 5.41) is 4.40. The monoisotopic (exact) mass is 391 g/mol. The lowest BCUT2D eigenvalue weighted by molar-refractivity contribution is 0.362. The highest BCUT2D eigenvalue weighted by atomic mass is 32.1. The molecule has 1 aliphatic carbocycles. The van der Waals surface area contributed by atoms with E-state index in [-0.39, 0.29) is 5.11 Å². The van der Waals surface area contributed by atoms with E-state index in [1.807, 2.05) is 13.0 Å². The van der Waals surface area contributed by atoms with Crippen LogP contribution >= 0.6 is 12.2 Å². The molecule has 0 aliphatic heterocycles. The van der Waals surface area contributed by atoms with Crippen LogP contribution in [0.3, 0.4) is 0 Å². The summed E-state index contributed by atoms with van der Waals surface area (Å²) in [6.45, 7) is 1.93. The molecule has 144 valence electrons. The maximum absolute atomic E-state index is 5.48. The normalized spacial score (nSPS) is 15.7. The highest BCUT2D eigenvalue weighted by Gasteiger charge is 2.22. The van der Waals surface area contributed by atoms with Gasteiger partial charge in [-0.1, -0.05) is 55.7 Å². The number of thiocarbonyl (C=S) groups is 1. The zero-order valence-electron chi connectivity index (χ0n) is 16.1. The minimum atomic E-state index is 0.161. The predicted molar refractivity (Wildman–Crippen MR) is 119 cm³/mol. The molecule has 6 heteroatoms. The molecule has 1 saturated carbocycles. The van der Waals surface area contributed by atoms with Crippen molar-refractivity contribution >= 4 is 34.1 Å². The lowest BCUT2D eigenvalue weighted by Gasteiger charge is -2.25. The number of nitrogens with one attached hydrogen (secondary N) is 1. The molecule has 0 bridgehead atoms. The fourth-order valence-electron chi connectivity index (χ4n) is 4.03. The molecule has 1 heterocycles. The Labute approximate surface area is 170 Å². The van der Waals surface area contributed by atoms with Crippen LogP contribution in [-0.2, 0) is 0 Å². The van der Waals surface area contributed by atoms with Gasteiger partial charge in [0.25, 0.3) is 0 Å². The Morgan fingerprint density at radius 2 is 1.89 bits per heavy atom. The summed E-state index contributed by atoms with van der Waals surface area (Å²) >= 11 is 4.83. The van der Waals surface area contributed by atoms with Gasteiger partial charge in [0.15, 0.2) is 5.11 Å². The Morgan fingerprint density at radius 1 is 1.14 bits per heavy atom. The van der Waals surface area contributed by atoms with E-state index in [1.165, 1.54) is 37.6 Å². The average Bonchev–Trinajstić information content (AvgIpc) is 3.12. The van der Waals surface area contributed by atoms with Gasteiger partial charge in [-0.15, -0.1) is 0 Å². The number of benzene rings is 2. The van der Waals surface area contributed by atoms with Crippen molar-refractivity contribution in [2.45, 2.75) is 45.1 Å². The molecule has 2 aromatic carbocycles. The van der Waals surface area contributed by atoms with Gasteiger partial charge in [-0.3, -0.25) is 5.43 Å². The maximum Gasteiger partial charge on any atom is 0.184 e. The molecule has 3 aromatic rings. The summed E-state index contributed by atoms with van der Waals surface area (Å²) in [4.78, 5) is 5.03. The molecule has 1 aromatic heterocycles. The molecule has 0 saturated heterocycles. The van der Waals surface area contributed by atoms with E-state index in [1.54, 1.807) is 0 Å². The van der Waals surface area contributed by atoms with Gasteiger partial charge < -0.3 is 10.3 Å². The van der Waals surface area contributed by atoms with E-state index in [0.717, 1.165) is 28.2 Å². The third kappa shape index (κ3) is 3.78. The second-order valence-electron chi connectivity index (χ2n) is 7.34. The van der Waals surface area contributed by atoms with Crippen molar-refractivity contribution in [1.29, 1.82) is 0 Å². The number of hydrazone groups is 1. The van der Waals surface area contributed by atoms with Crippen molar-refractivity contribution in [1.82, 2.24) is 15.0 Å². The number of imidazole rings is 1. The van der Waals surface area contributed by atoms with Gasteiger partial charge in [0.05, 0.1) is 16.7 Å². The second kappa shape index (κ2) is 8.10. The summed E-state index contributed by atoms with van der Waals surface area (Å²) in [6, 6.07) is 17.3. The van der Waals surface area contributed by atoms with E-state index in [9.17, 15) is 0 Å². The average molecular weight is 392 g/mol. The molecule has 0 radical (unpaired) electrons. The lowest BCUT2D eigenvalue weighted by Crippen LogP contribution is -2.25. The molecule has 28 heavy (non-hydrogen) atoms. The number of hydrogen-bond acceptors (Lipinski definition) is 3. The minimum absolute atomic E-state index is 0.161. The predicted octanol–water partition coefficient (Wildman–Crippen LogP) is 4.77. The van der Waals surface area contributed by atoms with Gasteiger partial charge in [0.1, 0.15) is 5.82 Å². The van der Waals surface area contributed by atoms with E-state index >= 15 is 0 Å². The summed E-state index contributed by atoms with van der Waals surface area (Å²) in [5.74, 6) is 1.05. The van der Waals surface area contributed by atoms with Crippen LogP contribution in [-0.4, -0.2) is 20.4 Å². The summed E-state index contributed by atoms with van der Waals surface area (Å²) in [6.07, 6.45) is 6.33. The molecule has 0 amide bonds. The van der Waals surface area contributed by atoms with Crippen molar-refractivity contribution in [2.24, 2.45) is 10.8 Å². The smallest absolute Gasteiger partial charge is 0.184 e. The minimum Gasteiger partial charge on any atom is -0.375 e. The number of hydrogen-bond donors (Lipinski definition) is 2. The molecule has 4 rings (SSSR count). The zero-order valence-corrected chi connectivity index (χ0v) is 16.9. The Hall–Kier alpha value is -2.73. The maximum atomic E-state index is 5.48. The van der Waals surface area contributed by atoms with Gasteiger partial charge in [0.2, 0.25) is 0 Å². The molecule has 0 unspecified atom stereocenters. The molecule has 1 fully saturated rings. The van der Waals surface area contributed by atoms with Crippen LogP contribution in [0.4, 0.5) is 0 Å². The van der Waals surface area contributed by atoms with Crippen LogP contribution in [0.15, 0.2) is 53.6 Å². The topological polar surface area (TPSA) is 68.2 Å². The molecule has 5 nitrogen and oxygen atoms in total. The Kier molecular flexibility index (Phi) is 5.39. The molecular weight excluding hydrogens is 366 g/mol. The molecular formula is C22H25N5S. The SMILES string of the molecule is C/C(=N/NC(N)=S)c1ccc2c(c1)nc(-c1ccccc1)n2C1CCCCC1. The van der Waals surface area contributed by atoms with Crippen LogP contribution < -0.4 is 11.2 Å². The van der Waals surface area contributed by atoms with E-state index in [2.05, 4.69) is 57.6 Å². The van der Waals surface area contributed by atoms with Crippen molar-refractivity contribution in [3.63, 3.8) is 0 Å². The summed E-state index contributed by atoms with van der Waals surface area (Å²) in [5.41, 5.74) is 13.3. The fraction of sp³-hybridized carbons (Fsp3) is 0.318. The van der Waals surface area contributed by atoms with Crippen LogP contribution in [0.5, 0.6) is 0 Å². The molecule has 1 aliphatic rings. The standard InChI is InChI=1S/C22H25N5S/c1-15(25-26-22(23)28)17-12-13-20-19(14-17)24-21(16-8-4-2-5-9-16)27(20)18-10-6-3-7-11-18/h2,4-5,8-9,12-14,18H,3,6-7,10-11H2,1H3,(H3,23,26,28)/b25-15-. The van der Waals surface area contributed by atoms with Crippen molar-refractivity contribution in [3.8, 4) is 11.4 Å². The highest BCUT2D eigenvalue weighted by molar-refractivity contribution is 7.80. The first kappa shape index (κ1) is 18.6. The second-order valence-corrected chi connectivity index (χ2v) is 7.78. The van der Waals surface area contributed by atoms with Crippen LogP contribution in [0.25, 0.3) is 22.4 Å². The van der Waals surface area contributed by atoms with E-state index in [4.69, 9.17) is 22.9 Å². The van der Waals surface area contributed by atoms with Crippen LogP contribution in [0, 0.1) is 0 Å². The van der Waals surface area contributed by atoms with Gasteiger partial charge >= 0.3 is 0 Å². The molecule has 0 atom stereocenters. The zero-order chi connectivity index (χ0) is 19.5. The number of fused-ring (bicyclic) bond motifs is 1. The van der Waals surface area contributed by atoms with E-state index in [0.29, 0.717) is 6.04 Å². The first-order valence-electron chi connectivity index (χ1n) is 9.81. The lowest BCUT2D eigenvalue weighted by atomic mass is 9.94. The van der Waals surface area contributed by atoms with Crippen molar-refractivity contribution in [3.05, 3.63) is 54.1 Å². The largest absolute Gasteiger partial charge is 0.375 e. The third-order valence-corrected chi connectivity index (χ3v) is 5.50. The molecule has 3 N–H and O–H groups in total. The van der Waals surface area contributed by atoms with Gasteiger partial charge in [-0.25, -0.2) is 4.98 Å². The number of nitrogens with zero attached hydrogens (tertiary/aromatic N) is 3. The van der Waals surface area contributed by atoms with Gasteiger partial charge in [-0.05, 0) is 49.7 Å².